The lowest BCUT2D eigenvalue weighted by Crippen LogP contribution is -2.26. The average molecular weight is 354 g/mol. The number of amidine groups is 1. The molecule has 23 heavy (non-hydrogen) atoms. The molecule has 11 heteroatoms. The zero-order chi connectivity index (χ0) is 16.6. The van der Waals surface area contributed by atoms with Gasteiger partial charge in [0.05, 0.1) is 5.84 Å². The molecule has 1 aromatic heterocycles. The Labute approximate surface area is 137 Å². The van der Waals surface area contributed by atoms with Crippen molar-refractivity contribution in [3.05, 3.63) is 18.1 Å². The van der Waals surface area contributed by atoms with Crippen molar-refractivity contribution < 1.29 is 13.2 Å². The molecule has 6 N–H and O–H groups in total. The Bertz CT molecular complexity index is 534. The van der Waals surface area contributed by atoms with Crippen molar-refractivity contribution in [3.8, 4) is 0 Å². The van der Waals surface area contributed by atoms with E-state index in [0.29, 0.717) is 18.7 Å². The first-order valence-electron chi connectivity index (χ1n) is 6.55. The summed E-state index contributed by atoms with van der Waals surface area (Å²) in [6.07, 6.45) is -0.351. The van der Waals surface area contributed by atoms with Gasteiger partial charge in [0.1, 0.15) is 18.2 Å². The van der Waals surface area contributed by atoms with Crippen LogP contribution in [0.15, 0.2) is 17.3 Å². The largest absolute Gasteiger partial charge is 0.408 e. The number of aromatic nitrogens is 2. The highest BCUT2D eigenvalue weighted by Gasteiger charge is 2.26. The zero-order valence-electron chi connectivity index (χ0n) is 12.2. The van der Waals surface area contributed by atoms with Crippen LogP contribution in [0.1, 0.15) is 25.1 Å². The second-order valence-electron chi connectivity index (χ2n) is 4.53. The molecule has 0 atom stereocenters. The number of halogens is 4. The maximum Gasteiger partial charge on any atom is 0.408 e. The van der Waals surface area contributed by atoms with Gasteiger partial charge in [-0.25, -0.2) is 15.0 Å². The lowest BCUT2D eigenvalue weighted by molar-refractivity contribution is -0.118. The summed E-state index contributed by atoms with van der Waals surface area (Å²) >= 11 is 0. The Balaban J connectivity index is 0.00000484. The van der Waals surface area contributed by atoms with Crippen LogP contribution in [0.5, 0.6) is 0 Å². The van der Waals surface area contributed by atoms with Crippen LogP contribution in [0.4, 0.5) is 19.0 Å². The predicted molar refractivity (Wildman–Crippen MR) is 84.9 cm³/mol. The van der Waals surface area contributed by atoms with E-state index in [2.05, 4.69) is 20.3 Å². The zero-order valence-corrected chi connectivity index (χ0v) is 13.0. The number of hydrogen-bond acceptors (Lipinski definition) is 4. The van der Waals surface area contributed by atoms with Crippen molar-refractivity contribution in [2.24, 2.45) is 16.5 Å². The van der Waals surface area contributed by atoms with Crippen LogP contribution in [-0.4, -0.2) is 34.5 Å². The van der Waals surface area contributed by atoms with E-state index in [-0.39, 0.29) is 30.0 Å². The molecule has 1 rings (SSSR count). The quantitative estimate of drug-likeness (QED) is 0.338. The molecule has 1 heterocycles. The highest BCUT2D eigenvalue weighted by atomic mass is 35.5. The van der Waals surface area contributed by atoms with E-state index in [1.807, 2.05) is 0 Å². The molecule has 7 nitrogen and oxygen atoms in total. The Morgan fingerprint density at radius 3 is 2.61 bits per heavy atom. The summed E-state index contributed by atoms with van der Waals surface area (Å²) in [7, 11) is 0. The van der Waals surface area contributed by atoms with Gasteiger partial charge in [0.15, 0.2) is 5.96 Å². The normalized spacial score (nSPS) is 11.7. The number of nitrogens with one attached hydrogen (secondary N) is 2. The average Bonchev–Trinajstić information content (AvgIpc) is 2.41. The van der Waals surface area contributed by atoms with Gasteiger partial charge >= 0.3 is 6.18 Å². The Kier molecular flexibility index (Phi) is 8.93. The molecule has 130 valence electrons. The third-order valence-corrected chi connectivity index (χ3v) is 2.49. The number of hydrogen-bond donors (Lipinski definition) is 4. The van der Waals surface area contributed by atoms with E-state index in [1.54, 1.807) is 0 Å². The third-order valence-electron chi connectivity index (χ3n) is 2.49. The van der Waals surface area contributed by atoms with Crippen molar-refractivity contribution in [1.29, 1.82) is 5.41 Å². The number of guanidine groups is 1. The maximum absolute atomic E-state index is 12.0. The fourth-order valence-corrected chi connectivity index (χ4v) is 1.53. The van der Waals surface area contributed by atoms with Gasteiger partial charge in [-0.3, -0.25) is 5.41 Å². The van der Waals surface area contributed by atoms with Gasteiger partial charge in [-0.05, 0) is 18.9 Å². The summed E-state index contributed by atoms with van der Waals surface area (Å²) in [4.78, 5) is 11.4. The molecule has 0 aliphatic rings. The van der Waals surface area contributed by atoms with E-state index < -0.39 is 12.7 Å². The van der Waals surface area contributed by atoms with Gasteiger partial charge in [-0.2, -0.15) is 13.2 Å². The summed E-state index contributed by atoms with van der Waals surface area (Å²) in [6, 6.07) is 1.48. The van der Waals surface area contributed by atoms with Crippen LogP contribution in [0.25, 0.3) is 0 Å². The first-order valence-corrected chi connectivity index (χ1v) is 6.55. The summed E-state index contributed by atoms with van der Waals surface area (Å²) in [5.41, 5.74) is 10.6. The smallest absolute Gasteiger partial charge is 0.388 e. The minimum atomic E-state index is -4.40. The van der Waals surface area contributed by atoms with Crippen molar-refractivity contribution in [2.45, 2.75) is 31.9 Å². The number of aliphatic imine (C=N–C) groups is 1. The maximum atomic E-state index is 12.0. The van der Waals surface area contributed by atoms with Gasteiger partial charge in [-0.1, -0.05) is 0 Å². The lowest BCUT2D eigenvalue weighted by atomic mass is 10.2. The number of anilines is 1. The number of alkyl halides is 3. The minimum Gasteiger partial charge on any atom is -0.388 e. The molecular formula is C12H19ClF3N7. The molecule has 0 unspecified atom stereocenters. The SMILES string of the molecule is Cl.N=C(N)CCCCc1nccc(NC(N)=NCC(F)(F)F)n1. The molecular weight excluding hydrogens is 335 g/mol. The van der Waals surface area contributed by atoms with Crippen molar-refractivity contribution >= 4 is 30.0 Å². The third kappa shape index (κ3) is 10.3. The first-order chi connectivity index (χ1) is 10.3. The molecule has 0 aliphatic heterocycles. The fraction of sp³-hybridized carbons (Fsp3) is 0.500. The van der Waals surface area contributed by atoms with E-state index in [9.17, 15) is 13.2 Å². The van der Waals surface area contributed by atoms with E-state index >= 15 is 0 Å². The summed E-state index contributed by atoms with van der Waals surface area (Å²) in [6.45, 7) is -1.35. The highest BCUT2D eigenvalue weighted by molar-refractivity contribution is 5.91. The van der Waals surface area contributed by atoms with Crippen molar-refractivity contribution in [3.63, 3.8) is 0 Å². The highest BCUT2D eigenvalue weighted by Crippen LogP contribution is 2.14. The van der Waals surface area contributed by atoms with E-state index in [1.165, 1.54) is 12.3 Å². The second kappa shape index (κ2) is 9.82. The Morgan fingerprint density at radius 2 is 2.00 bits per heavy atom. The van der Waals surface area contributed by atoms with Crippen molar-refractivity contribution in [1.82, 2.24) is 9.97 Å². The second-order valence-corrected chi connectivity index (χ2v) is 4.53. The molecule has 0 saturated heterocycles. The van der Waals surface area contributed by atoms with Crippen molar-refractivity contribution in [2.75, 3.05) is 11.9 Å². The van der Waals surface area contributed by atoms with Crippen LogP contribution in [0, 0.1) is 5.41 Å². The van der Waals surface area contributed by atoms with Crippen LogP contribution < -0.4 is 16.8 Å². The molecule has 0 aromatic carbocycles. The topological polar surface area (TPSA) is 126 Å². The van der Waals surface area contributed by atoms with Crippen LogP contribution in [-0.2, 0) is 6.42 Å². The fourth-order valence-electron chi connectivity index (χ4n) is 1.53. The summed E-state index contributed by atoms with van der Waals surface area (Å²) in [5, 5.41) is 9.59. The van der Waals surface area contributed by atoms with Gasteiger partial charge in [0.2, 0.25) is 0 Å². The van der Waals surface area contributed by atoms with Crippen LogP contribution >= 0.6 is 12.4 Å². The van der Waals surface area contributed by atoms with Crippen LogP contribution in [0.3, 0.4) is 0 Å². The van der Waals surface area contributed by atoms with E-state index in [0.717, 1.165) is 12.8 Å². The number of rotatable bonds is 7. The minimum absolute atomic E-state index is 0. The molecule has 1 aromatic rings. The summed E-state index contributed by atoms with van der Waals surface area (Å²) in [5.74, 6) is 0.570. The number of unbranched alkanes of at least 4 members (excludes halogenated alkanes) is 1. The molecule has 0 fully saturated rings. The van der Waals surface area contributed by atoms with E-state index in [4.69, 9.17) is 16.9 Å². The standard InChI is InChI=1S/C12H18F3N7.ClH/c13-12(14,15)7-20-11(18)22-10-5-6-19-9(21-10)4-2-1-3-8(16)17;/h5-6H,1-4,7H2,(H3,16,17)(H3,18,19,20,21,22);1H. The van der Waals surface area contributed by atoms with Crippen LogP contribution in [0.2, 0.25) is 0 Å². The number of nitrogens with zero attached hydrogens (tertiary/aromatic N) is 3. The Morgan fingerprint density at radius 1 is 1.30 bits per heavy atom. The summed E-state index contributed by atoms with van der Waals surface area (Å²) < 4.78 is 36.0. The Hall–Kier alpha value is -2.10. The van der Waals surface area contributed by atoms with Gasteiger partial charge < -0.3 is 16.8 Å². The van der Waals surface area contributed by atoms with Gasteiger partial charge in [-0.15, -0.1) is 12.4 Å². The monoisotopic (exact) mass is 353 g/mol. The molecule has 0 bridgehead atoms. The van der Waals surface area contributed by atoms with Gasteiger partial charge in [0.25, 0.3) is 0 Å². The predicted octanol–water partition coefficient (Wildman–Crippen LogP) is 1.84. The molecule has 0 aliphatic carbocycles. The number of nitrogens with two attached hydrogens (primary N) is 2. The molecule has 0 spiro atoms. The lowest BCUT2D eigenvalue weighted by Gasteiger charge is -2.07. The molecule has 0 saturated carbocycles. The van der Waals surface area contributed by atoms with Gasteiger partial charge in [0, 0.05) is 19.0 Å². The number of aryl methyl sites for hydroxylation is 1. The molecule has 0 amide bonds. The first kappa shape index (κ1) is 20.9. The molecule has 0 radical (unpaired) electrons.